The van der Waals surface area contributed by atoms with Crippen molar-refractivity contribution in [2.75, 3.05) is 6.54 Å². The van der Waals surface area contributed by atoms with Crippen molar-refractivity contribution in [3.8, 4) is 0 Å². The normalized spacial score (nSPS) is 11.8. The van der Waals surface area contributed by atoms with Crippen LogP contribution in [0, 0.1) is 5.82 Å². The van der Waals surface area contributed by atoms with E-state index in [0.29, 0.717) is 13.1 Å². The highest BCUT2D eigenvalue weighted by Gasteiger charge is 2.20. The van der Waals surface area contributed by atoms with Crippen LogP contribution in [0.25, 0.3) is 0 Å². The topological polar surface area (TPSA) is 32.3 Å². The summed E-state index contributed by atoms with van der Waals surface area (Å²) in [5.41, 5.74) is 0.252. The van der Waals surface area contributed by atoms with Crippen LogP contribution >= 0.6 is 0 Å². The fraction of sp³-hybridized carbons (Fsp3) is 0.538. The van der Waals surface area contributed by atoms with Crippen molar-refractivity contribution in [1.29, 1.82) is 0 Å². The Morgan fingerprint density at radius 1 is 1.31 bits per heavy atom. The number of hydrogen-bond acceptors (Lipinski definition) is 2. The molecule has 0 heterocycles. The summed E-state index contributed by atoms with van der Waals surface area (Å²) >= 11 is 0. The van der Waals surface area contributed by atoms with E-state index in [-0.39, 0.29) is 5.82 Å². The van der Waals surface area contributed by atoms with E-state index < -0.39 is 5.60 Å². The summed E-state index contributed by atoms with van der Waals surface area (Å²) in [5.74, 6) is -0.222. The molecule has 1 rings (SSSR count). The molecule has 16 heavy (non-hydrogen) atoms. The summed E-state index contributed by atoms with van der Waals surface area (Å²) in [6.07, 6.45) is 1.44. The van der Waals surface area contributed by atoms with Gasteiger partial charge in [0, 0.05) is 13.1 Å². The van der Waals surface area contributed by atoms with Gasteiger partial charge in [0.05, 0.1) is 5.60 Å². The third-order valence-corrected chi connectivity index (χ3v) is 2.99. The third kappa shape index (κ3) is 3.91. The first kappa shape index (κ1) is 13.1. The molecule has 3 heteroatoms. The SMILES string of the molecule is CCC(O)(CC)CNCc1cccc(F)c1. The van der Waals surface area contributed by atoms with E-state index in [1.807, 2.05) is 19.9 Å². The number of halogens is 1. The lowest BCUT2D eigenvalue weighted by Gasteiger charge is -2.25. The molecule has 2 N–H and O–H groups in total. The van der Waals surface area contributed by atoms with Crippen LogP contribution in [0.4, 0.5) is 4.39 Å². The molecule has 0 spiro atoms. The van der Waals surface area contributed by atoms with Gasteiger partial charge in [-0.25, -0.2) is 4.39 Å². The number of rotatable bonds is 6. The minimum absolute atomic E-state index is 0.222. The maximum absolute atomic E-state index is 12.9. The summed E-state index contributed by atoms with van der Waals surface area (Å²) in [4.78, 5) is 0. The molecule has 90 valence electrons. The fourth-order valence-corrected chi connectivity index (χ4v) is 1.59. The molecule has 0 atom stereocenters. The standard InChI is InChI=1S/C13H20FNO/c1-3-13(16,4-2)10-15-9-11-6-5-7-12(14)8-11/h5-8,15-16H,3-4,9-10H2,1-2H3. The molecule has 1 aromatic rings. The molecule has 0 amide bonds. The van der Waals surface area contributed by atoms with Gasteiger partial charge < -0.3 is 10.4 Å². The molecule has 2 nitrogen and oxygen atoms in total. The molecular weight excluding hydrogens is 205 g/mol. The van der Waals surface area contributed by atoms with Gasteiger partial charge in [0.2, 0.25) is 0 Å². The second-order valence-corrected chi connectivity index (χ2v) is 4.16. The van der Waals surface area contributed by atoms with Crippen molar-refractivity contribution >= 4 is 0 Å². The molecular formula is C13H20FNO. The van der Waals surface area contributed by atoms with Crippen molar-refractivity contribution in [3.63, 3.8) is 0 Å². The Bertz CT molecular complexity index is 323. The molecule has 1 aromatic carbocycles. The quantitative estimate of drug-likeness (QED) is 0.779. The van der Waals surface area contributed by atoms with E-state index in [0.717, 1.165) is 18.4 Å². The molecule has 0 aliphatic heterocycles. The van der Waals surface area contributed by atoms with Crippen molar-refractivity contribution in [3.05, 3.63) is 35.6 Å². The zero-order valence-corrected chi connectivity index (χ0v) is 9.96. The Morgan fingerprint density at radius 2 is 2.00 bits per heavy atom. The maximum Gasteiger partial charge on any atom is 0.123 e. The summed E-state index contributed by atoms with van der Waals surface area (Å²) in [7, 11) is 0. The summed E-state index contributed by atoms with van der Waals surface area (Å²) in [6.45, 7) is 5.05. The van der Waals surface area contributed by atoms with Gasteiger partial charge in [0.1, 0.15) is 5.82 Å². The van der Waals surface area contributed by atoms with Crippen LogP contribution in [-0.2, 0) is 6.54 Å². The second-order valence-electron chi connectivity index (χ2n) is 4.16. The number of hydrogen-bond donors (Lipinski definition) is 2. The molecule has 0 fully saturated rings. The van der Waals surface area contributed by atoms with Crippen LogP contribution in [0.3, 0.4) is 0 Å². The Balaban J connectivity index is 2.41. The molecule has 0 radical (unpaired) electrons. The van der Waals surface area contributed by atoms with Crippen molar-refractivity contribution < 1.29 is 9.50 Å². The summed E-state index contributed by atoms with van der Waals surface area (Å²) in [5, 5.41) is 13.2. The number of benzene rings is 1. The van der Waals surface area contributed by atoms with E-state index in [2.05, 4.69) is 5.32 Å². The predicted octanol–water partition coefficient (Wildman–Crippen LogP) is 2.47. The van der Waals surface area contributed by atoms with E-state index in [9.17, 15) is 9.50 Å². The van der Waals surface area contributed by atoms with Gasteiger partial charge in [-0.2, -0.15) is 0 Å². The Kier molecular flexibility index (Phi) is 4.90. The first-order valence-electron chi connectivity index (χ1n) is 5.77. The lowest BCUT2D eigenvalue weighted by Crippen LogP contribution is -2.39. The monoisotopic (exact) mass is 225 g/mol. The zero-order valence-electron chi connectivity index (χ0n) is 9.96. The van der Waals surface area contributed by atoms with Crippen molar-refractivity contribution in [2.45, 2.75) is 38.8 Å². The Morgan fingerprint density at radius 3 is 2.56 bits per heavy atom. The molecule has 0 aliphatic rings. The van der Waals surface area contributed by atoms with E-state index in [4.69, 9.17) is 0 Å². The lowest BCUT2D eigenvalue weighted by atomic mass is 9.97. The van der Waals surface area contributed by atoms with Crippen LogP contribution in [0.1, 0.15) is 32.3 Å². The number of aliphatic hydroxyl groups is 1. The molecule has 0 aliphatic carbocycles. The summed E-state index contributed by atoms with van der Waals surface area (Å²) in [6, 6.07) is 6.49. The highest BCUT2D eigenvalue weighted by Crippen LogP contribution is 2.13. The Labute approximate surface area is 96.5 Å². The molecule has 0 saturated heterocycles. The fourth-order valence-electron chi connectivity index (χ4n) is 1.59. The van der Waals surface area contributed by atoms with Gasteiger partial charge in [-0.15, -0.1) is 0 Å². The average Bonchev–Trinajstić information content (AvgIpc) is 2.29. The third-order valence-electron chi connectivity index (χ3n) is 2.99. The number of nitrogens with one attached hydrogen (secondary N) is 1. The zero-order chi connectivity index (χ0) is 12.0. The summed E-state index contributed by atoms with van der Waals surface area (Å²) < 4.78 is 12.9. The van der Waals surface area contributed by atoms with Crippen LogP contribution in [0.5, 0.6) is 0 Å². The maximum atomic E-state index is 12.9. The highest BCUT2D eigenvalue weighted by atomic mass is 19.1. The van der Waals surface area contributed by atoms with Gasteiger partial charge in [-0.1, -0.05) is 26.0 Å². The van der Waals surface area contributed by atoms with Crippen molar-refractivity contribution in [1.82, 2.24) is 5.32 Å². The molecule has 0 bridgehead atoms. The van der Waals surface area contributed by atoms with Gasteiger partial charge in [0.15, 0.2) is 0 Å². The first-order valence-corrected chi connectivity index (χ1v) is 5.77. The Hall–Kier alpha value is -0.930. The molecule has 0 aromatic heterocycles. The second kappa shape index (κ2) is 5.97. The first-order chi connectivity index (χ1) is 7.59. The van der Waals surface area contributed by atoms with Gasteiger partial charge >= 0.3 is 0 Å². The van der Waals surface area contributed by atoms with Crippen molar-refractivity contribution in [2.24, 2.45) is 0 Å². The van der Waals surface area contributed by atoms with E-state index in [1.165, 1.54) is 12.1 Å². The largest absolute Gasteiger partial charge is 0.389 e. The molecule has 0 saturated carbocycles. The highest BCUT2D eigenvalue weighted by molar-refractivity contribution is 5.15. The predicted molar refractivity (Wildman–Crippen MR) is 63.6 cm³/mol. The van der Waals surface area contributed by atoms with E-state index in [1.54, 1.807) is 6.07 Å². The minimum atomic E-state index is -0.646. The van der Waals surface area contributed by atoms with Crippen LogP contribution in [-0.4, -0.2) is 17.3 Å². The van der Waals surface area contributed by atoms with Crippen LogP contribution in [0.2, 0.25) is 0 Å². The van der Waals surface area contributed by atoms with Crippen LogP contribution < -0.4 is 5.32 Å². The van der Waals surface area contributed by atoms with E-state index >= 15 is 0 Å². The lowest BCUT2D eigenvalue weighted by molar-refractivity contribution is 0.0323. The average molecular weight is 225 g/mol. The van der Waals surface area contributed by atoms with Gasteiger partial charge in [-0.05, 0) is 30.5 Å². The van der Waals surface area contributed by atoms with Gasteiger partial charge in [0.25, 0.3) is 0 Å². The smallest absolute Gasteiger partial charge is 0.123 e. The minimum Gasteiger partial charge on any atom is -0.389 e. The van der Waals surface area contributed by atoms with Crippen LogP contribution in [0.15, 0.2) is 24.3 Å². The molecule has 0 unspecified atom stereocenters. The van der Waals surface area contributed by atoms with Gasteiger partial charge in [-0.3, -0.25) is 0 Å².